The maximum atomic E-state index is 12.2. The molecule has 3 nitrogen and oxygen atoms in total. The summed E-state index contributed by atoms with van der Waals surface area (Å²) in [5.74, 6) is 0. The topological polar surface area (TPSA) is 29.5 Å². The van der Waals surface area contributed by atoms with Crippen LogP contribution < -0.4 is 0 Å². The minimum Gasteiger partial charge on any atom is -0.444 e. The lowest BCUT2D eigenvalue weighted by Gasteiger charge is -2.28. The summed E-state index contributed by atoms with van der Waals surface area (Å²) in [6.45, 7) is 6.60. The first kappa shape index (κ1) is 15.9. The van der Waals surface area contributed by atoms with E-state index in [1.807, 2.05) is 31.7 Å². The zero-order valence-electron chi connectivity index (χ0n) is 13.5. The van der Waals surface area contributed by atoms with Crippen LogP contribution in [-0.4, -0.2) is 29.2 Å². The van der Waals surface area contributed by atoms with E-state index in [1.165, 1.54) is 5.56 Å². The van der Waals surface area contributed by atoms with Crippen LogP contribution in [0.3, 0.4) is 0 Å². The number of carbonyl (C=O) groups excluding carboxylic acids is 1. The van der Waals surface area contributed by atoms with Gasteiger partial charge in [-0.3, -0.25) is 0 Å². The lowest BCUT2D eigenvalue weighted by atomic mass is 10.0. The zero-order chi connectivity index (χ0) is 15.3. The molecule has 0 spiro atoms. The molecular formula is C18H27NO2. The summed E-state index contributed by atoms with van der Waals surface area (Å²) in [6.07, 6.45) is 5.31. The van der Waals surface area contributed by atoms with Crippen LogP contribution in [0.5, 0.6) is 0 Å². The third-order valence-corrected chi connectivity index (χ3v) is 3.85. The van der Waals surface area contributed by atoms with Crippen LogP contribution in [-0.2, 0) is 11.2 Å². The first-order valence-corrected chi connectivity index (χ1v) is 7.99. The summed E-state index contributed by atoms with van der Waals surface area (Å²) in [5, 5.41) is 0. The molecule has 21 heavy (non-hydrogen) atoms. The summed E-state index contributed by atoms with van der Waals surface area (Å²) in [4.78, 5) is 14.1. The van der Waals surface area contributed by atoms with Crippen LogP contribution in [0.1, 0.15) is 52.0 Å². The van der Waals surface area contributed by atoms with Gasteiger partial charge in [0.1, 0.15) is 5.60 Å². The molecule has 0 saturated carbocycles. The van der Waals surface area contributed by atoms with E-state index in [-0.39, 0.29) is 6.09 Å². The second-order valence-corrected chi connectivity index (χ2v) is 6.85. The van der Waals surface area contributed by atoms with Crippen molar-refractivity contribution in [3.63, 3.8) is 0 Å². The van der Waals surface area contributed by atoms with Gasteiger partial charge in [0.05, 0.1) is 0 Å². The highest BCUT2D eigenvalue weighted by Crippen LogP contribution is 2.24. The number of benzene rings is 1. The van der Waals surface area contributed by atoms with Crippen LogP contribution in [0.25, 0.3) is 0 Å². The lowest BCUT2D eigenvalue weighted by molar-refractivity contribution is 0.0219. The van der Waals surface area contributed by atoms with Crippen molar-refractivity contribution < 1.29 is 9.53 Å². The van der Waals surface area contributed by atoms with Gasteiger partial charge >= 0.3 is 6.09 Å². The molecule has 1 aromatic carbocycles. The van der Waals surface area contributed by atoms with Crippen LogP contribution in [0, 0.1) is 0 Å². The molecule has 0 radical (unpaired) electrons. The van der Waals surface area contributed by atoms with Crippen molar-refractivity contribution >= 4 is 6.09 Å². The first-order valence-electron chi connectivity index (χ1n) is 7.99. The van der Waals surface area contributed by atoms with Gasteiger partial charge in [-0.15, -0.1) is 0 Å². The average molecular weight is 289 g/mol. The predicted molar refractivity (Wildman–Crippen MR) is 85.3 cm³/mol. The van der Waals surface area contributed by atoms with Gasteiger partial charge < -0.3 is 9.64 Å². The minimum absolute atomic E-state index is 0.148. The van der Waals surface area contributed by atoms with Crippen molar-refractivity contribution in [3.05, 3.63) is 35.9 Å². The Kier molecular flexibility index (Phi) is 5.27. The van der Waals surface area contributed by atoms with E-state index in [9.17, 15) is 4.79 Å². The predicted octanol–water partition coefficient (Wildman–Crippen LogP) is 4.41. The molecule has 1 saturated heterocycles. The number of aryl methyl sites for hydroxylation is 1. The quantitative estimate of drug-likeness (QED) is 0.821. The Hall–Kier alpha value is -1.51. The fraction of sp³-hybridized carbons (Fsp3) is 0.611. The number of rotatable bonds is 4. The van der Waals surface area contributed by atoms with Gasteiger partial charge in [-0.1, -0.05) is 30.3 Å². The van der Waals surface area contributed by atoms with Gasteiger partial charge in [-0.2, -0.15) is 0 Å². The Morgan fingerprint density at radius 1 is 1.29 bits per heavy atom. The second kappa shape index (κ2) is 6.97. The average Bonchev–Trinajstić information content (AvgIpc) is 2.86. The molecule has 0 aromatic heterocycles. The smallest absolute Gasteiger partial charge is 0.410 e. The van der Waals surface area contributed by atoms with Gasteiger partial charge in [-0.05, 0) is 58.4 Å². The Balaban J connectivity index is 1.80. The molecule has 0 aliphatic carbocycles. The highest BCUT2D eigenvalue weighted by atomic mass is 16.6. The molecule has 1 aromatic rings. The van der Waals surface area contributed by atoms with Crippen LogP contribution in [0.15, 0.2) is 30.3 Å². The summed E-state index contributed by atoms with van der Waals surface area (Å²) in [6, 6.07) is 10.9. The number of amides is 1. The molecule has 1 fully saturated rings. The van der Waals surface area contributed by atoms with E-state index in [4.69, 9.17) is 4.74 Å². The zero-order valence-corrected chi connectivity index (χ0v) is 13.5. The number of nitrogens with zero attached hydrogens (tertiary/aromatic N) is 1. The number of carbonyl (C=O) groups is 1. The molecule has 0 bridgehead atoms. The van der Waals surface area contributed by atoms with Crippen LogP contribution in [0.4, 0.5) is 4.79 Å². The van der Waals surface area contributed by atoms with Gasteiger partial charge in [0.25, 0.3) is 0 Å². The fourth-order valence-corrected chi connectivity index (χ4v) is 2.88. The second-order valence-electron chi connectivity index (χ2n) is 6.85. The van der Waals surface area contributed by atoms with Gasteiger partial charge in [0.15, 0.2) is 0 Å². The lowest BCUT2D eigenvalue weighted by Crippen LogP contribution is -2.39. The molecule has 0 N–H and O–H groups in total. The summed E-state index contributed by atoms with van der Waals surface area (Å²) in [7, 11) is 0. The maximum absolute atomic E-state index is 12.2. The number of ether oxygens (including phenoxy) is 1. The van der Waals surface area contributed by atoms with E-state index < -0.39 is 5.60 Å². The molecule has 1 aliphatic rings. The molecule has 3 heteroatoms. The molecular weight excluding hydrogens is 262 g/mol. The highest BCUT2D eigenvalue weighted by molar-refractivity contribution is 5.68. The molecule has 1 heterocycles. The Morgan fingerprint density at radius 3 is 2.67 bits per heavy atom. The van der Waals surface area contributed by atoms with Crippen LogP contribution >= 0.6 is 0 Å². The monoisotopic (exact) mass is 289 g/mol. The minimum atomic E-state index is -0.408. The van der Waals surface area contributed by atoms with E-state index in [2.05, 4.69) is 24.3 Å². The number of hydrogen-bond acceptors (Lipinski definition) is 2. The summed E-state index contributed by atoms with van der Waals surface area (Å²) in [5.41, 5.74) is 0.966. The van der Waals surface area contributed by atoms with Crippen molar-refractivity contribution in [2.45, 2.75) is 64.5 Å². The van der Waals surface area contributed by atoms with Crippen molar-refractivity contribution in [2.24, 2.45) is 0 Å². The fourth-order valence-electron chi connectivity index (χ4n) is 2.88. The normalized spacial score (nSPS) is 18.8. The SMILES string of the molecule is CC(C)(C)OC(=O)N1CCC[C@@H]1CCCc1ccccc1. The maximum Gasteiger partial charge on any atom is 0.410 e. The molecule has 116 valence electrons. The van der Waals surface area contributed by atoms with Gasteiger partial charge in [0, 0.05) is 12.6 Å². The summed E-state index contributed by atoms with van der Waals surface area (Å²) >= 11 is 0. The standard InChI is InChI=1S/C18H27NO2/c1-18(2,3)21-17(20)19-14-8-13-16(19)12-7-11-15-9-5-4-6-10-15/h4-6,9-10,16H,7-8,11-14H2,1-3H3/t16-/m0/s1. The van der Waals surface area contributed by atoms with Gasteiger partial charge in [-0.25, -0.2) is 4.79 Å². The van der Waals surface area contributed by atoms with Crippen molar-refractivity contribution in [2.75, 3.05) is 6.54 Å². The third-order valence-electron chi connectivity index (χ3n) is 3.85. The Labute approximate surface area is 128 Å². The van der Waals surface area contributed by atoms with Crippen LogP contribution in [0.2, 0.25) is 0 Å². The van der Waals surface area contributed by atoms with Crippen molar-refractivity contribution in [1.29, 1.82) is 0 Å². The van der Waals surface area contributed by atoms with E-state index in [0.29, 0.717) is 6.04 Å². The number of hydrogen-bond donors (Lipinski definition) is 0. The largest absolute Gasteiger partial charge is 0.444 e. The molecule has 1 amide bonds. The van der Waals surface area contributed by atoms with E-state index in [0.717, 1.165) is 38.6 Å². The highest BCUT2D eigenvalue weighted by Gasteiger charge is 2.31. The van der Waals surface area contributed by atoms with Gasteiger partial charge in [0.2, 0.25) is 0 Å². The number of likely N-dealkylation sites (tertiary alicyclic amines) is 1. The Bertz CT molecular complexity index is 450. The van der Waals surface area contributed by atoms with E-state index >= 15 is 0 Å². The van der Waals surface area contributed by atoms with Crippen molar-refractivity contribution in [1.82, 2.24) is 4.90 Å². The summed E-state index contributed by atoms with van der Waals surface area (Å²) < 4.78 is 5.50. The van der Waals surface area contributed by atoms with Crippen molar-refractivity contribution in [3.8, 4) is 0 Å². The molecule has 1 aliphatic heterocycles. The Morgan fingerprint density at radius 2 is 2.00 bits per heavy atom. The molecule has 0 unspecified atom stereocenters. The first-order chi connectivity index (χ1) is 9.96. The molecule has 2 rings (SSSR count). The third kappa shape index (κ3) is 5.07. The van der Waals surface area contributed by atoms with E-state index in [1.54, 1.807) is 0 Å². The molecule has 1 atom stereocenters.